The number of aryl methyl sites for hydroxylation is 1. The molecule has 144 valence electrons. The van der Waals surface area contributed by atoms with E-state index in [1.807, 2.05) is 6.07 Å². The third-order valence-corrected chi connectivity index (χ3v) is 5.94. The Morgan fingerprint density at radius 1 is 1.15 bits per heavy atom. The van der Waals surface area contributed by atoms with E-state index in [2.05, 4.69) is 47.9 Å². The number of piperidine rings is 1. The first-order valence-corrected chi connectivity index (χ1v) is 10.2. The minimum Gasteiger partial charge on any atom is -0.379 e. The van der Waals surface area contributed by atoms with Crippen LogP contribution in [0.25, 0.3) is 0 Å². The summed E-state index contributed by atoms with van der Waals surface area (Å²) < 4.78 is 5.50. The summed E-state index contributed by atoms with van der Waals surface area (Å²) in [5.74, 6) is 0.663. The van der Waals surface area contributed by atoms with Gasteiger partial charge in [-0.2, -0.15) is 0 Å². The van der Waals surface area contributed by atoms with Gasteiger partial charge in [0.2, 0.25) is 0 Å². The lowest BCUT2D eigenvalue weighted by Gasteiger charge is -2.45. The third-order valence-electron chi connectivity index (χ3n) is 5.94. The summed E-state index contributed by atoms with van der Waals surface area (Å²) >= 11 is 0. The van der Waals surface area contributed by atoms with E-state index in [4.69, 9.17) is 4.74 Å². The highest BCUT2D eigenvalue weighted by Crippen LogP contribution is 2.24. The molecule has 1 atom stereocenters. The van der Waals surface area contributed by atoms with Crippen molar-refractivity contribution < 1.29 is 9.53 Å². The smallest absolute Gasteiger partial charge is 0.137 e. The van der Waals surface area contributed by atoms with Crippen LogP contribution < -0.4 is 0 Å². The van der Waals surface area contributed by atoms with E-state index in [0.29, 0.717) is 12.2 Å². The monoisotopic (exact) mass is 358 g/mol. The Hall–Kier alpha value is -1.23. The van der Waals surface area contributed by atoms with Crippen LogP contribution in [0.15, 0.2) is 30.3 Å². The first-order valence-electron chi connectivity index (χ1n) is 10.2. The molecule has 0 aliphatic carbocycles. The molecule has 4 heteroatoms. The molecule has 1 aromatic rings. The molecule has 0 spiro atoms. The quantitative estimate of drug-likeness (QED) is 0.750. The van der Waals surface area contributed by atoms with Crippen molar-refractivity contribution in [2.75, 3.05) is 45.9 Å². The number of ether oxygens (including phenoxy) is 1. The van der Waals surface area contributed by atoms with Crippen LogP contribution in [0.2, 0.25) is 0 Å². The van der Waals surface area contributed by atoms with Crippen LogP contribution in [-0.2, 0) is 16.0 Å². The van der Waals surface area contributed by atoms with Crippen molar-refractivity contribution in [1.29, 1.82) is 0 Å². The molecule has 2 fully saturated rings. The van der Waals surface area contributed by atoms with Gasteiger partial charge in [-0.05, 0) is 45.2 Å². The van der Waals surface area contributed by atoms with E-state index < -0.39 is 0 Å². The normalized spacial score (nSPS) is 23.1. The van der Waals surface area contributed by atoms with Crippen LogP contribution in [0.5, 0.6) is 0 Å². The summed E-state index contributed by atoms with van der Waals surface area (Å²) in [6, 6.07) is 10.4. The second-order valence-corrected chi connectivity index (χ2v) is 8.44. The molecule has 0 saturated carbocycles. The molecule has 2 saturated heterocycles. The highest BCUT2D eigenvalue weighted by molar-refractivity contribution is 5.81. The summed E-state index contributed by atoms with van der Waals surface area (Å²) in [4.78, 5) is 17.8. The predicted octanol–water partition coefficient (Wildman–Crippen LogP) is 3.01. The molecular weight excluding hydrogens is 324 g/mol. The van der Waals surface area contributed by atoms with E-state index in [1.165, 1.54) is 5.56 Å². The van der Waals surface area contributed by atoms with Crippen molar-refractivity contribution >= 4 is 5.78 Å². The Kier molecular flexibility index (Phi) is 6.85. The largest absolute Gasteiger partial charge is 0.379 e. The topological polar surface area (TPSA) is 32.8 Å². The average Bonchev–Trinajstić information content (AvgIpc) is 2.67. The minimum absolute atomic E-state index is 0.138. The standard InChI is InChI=1S/C22H34N2O2/c1-22(2,24-13-15-26-16-14-24)18-23-12-6-9-20(17-23)21(25)11-10-19-7-4-3-5-8-19/h3-5,7-8,20H,6,9-18H2,1-2H3. The fourth-order valence-electron chi connectivity index (χ4n) is 4.39. The highest BCUT2D eigenvalue weighted by atomic mass is 16.5. The first-order chi connectivity index (χ1) is 12.5. The van der Waals surface area contributed by atoms with Gasteiger partial charge in [0.05, 0.1) is 13.2 Å². The molecule has 1 aromatic carbocycles. The molecule has 0 N–H and O–H groups in total. The zero-order chi connectivity index (χ0) is 18.4. The van der Waals surface area contributed by atoms with Crippen molar-refractivity contribution in [2.24, 2.45) is 5.92 Å². The molecule has 26 heavy (non-hydrogen) atoms. The summed E-state index contributed by atoms with van der Waals surface area (Å²) in [5, 5.41) is 0. The number of rotatable bonds is 7. The fourth-order valence-corrected chi connectivity index (χ4v) is 4.39. The molecule has 2 heterocycles. The molecule has 4 nitrogen and oxygen atoms in total. The number of carbonyl (C=O) groups is 1. The Labute approximate surface area is 158 Å². The molecule has 3 rings (SSSR count). The Balaban J connectivity index is 1.49. The SMILES string of the molecule is CC(C)(CN1CCCC(C(=O)CCc2ccccc2)C1)N1CCOCC1. The van der Waals surface area contributed by atoms with Gasteiger partial charge >= 0.3 is 0 Å². The number of morpholine rings is 1. The van der Waals surface area contributed by atoms with Gasteiger partial charge in [-0.25, -0.2) is 0 Å². The van der Waals surface area contributed by atoms with Crippen LogP contribution in [0.1, 0.15) is 38.7 Å². The molecule has 2 aliphatic heterocycles. The maximum absolute atomic E-state index is 12.7. The number of hydrogen-bond acceptors (Lipinski definition) is 4. The Morgan fingerprint density at radius 3 is 2.62 bits per heavy atom. The van der Waals surface area contributed by atoms with Gasteiger partial charge in [-0.1, -0.05) is 30.3 Å². The second kappa shape index (κ2) is 9.12. The van der Waals surface area contributed by atoms with E-state index in [9.17, 15) is 4.79 Å². The van der Waals surface area contributed by atoms with Crippen LogP contribution in [-0.4, -0.2) is 67.1 Å². The fraction of sp³-hybridized carbons (Fsp3) is 0.682. The zero-order valence-electron chi connectivity index (χ0n) is 16.5. The summed E-state index contributed by atoms with van der Waals surface area (Å²) in [5.41, 5.74) is 1.40. The summed E-state index contributed by atoms with van der Waals surface area (Å²) in [6.45, 7) is 11.5. The van der Waals surface area contributed by atoms with E-state index in [-0.39, 0.29) is 11.5 Å². The summed E-state index contributed by atoms with van der Waals surface area (Å²) in [7, 11) is 0. The molecule has 0 amide bonds. The molecule has 0 aromatic heterocycles. The molecule has 2 aliphatic rings. The minimum atomic E-state index is 0.138. The lowest BCUT2D eigenvalue weighted by molar-refractivity contribution is -0.124. The number of ketones is 1. The van der Waals surface area contributed by atoms with Crippen LogP contribution in [0, 0.1) is 5.92 Å². The van der Waals surface area contributed by atoms with Crippen LogP contribution in [0.4, 0.5) is 0 Å². The average molecular weight is 359 g/mol. The number of benzene rings is 1. The van der Waals surface area contributed by atoms with Crippen LogP contribution in [0.3, 0.4) is 0 Å². The molecular formula is C22H34N2O2. The Bertz CT molecular complexity index is 567. The first kappa shape index (κ1) is 19.5. The van der Waals surface area contributed by atoms with Gasteiger partial charge in [-0.3, -0.25) is 9.69 Å². The van der Waals surface area contributed by atoms with Crippen molar-refractivity contribution in [1.82, 2.24) is 9.80 Å². The van der Waals surface area contributed by atoms with Crippen LogP contribution >= 0.6 is 0 Å². The lowest BCUT2D eigenvalue weighted by Crippen LogP contribution is -2.56. The van der Waals surface area contributed by atoms with Gasteiger partial charge in [0.15, 0.2) is 0 Å². The third kappa shape index (κ3) is 5.38. The number of Topliss-reactive ketones (excluding diaryl/α,β-unsaturated/α-hetero) is 1. The van der Waals surface area contributed by atoms with E-state index >= 15 is 0 Å². The zero-order valence-corrected chi connectivity index (χ0v) is 16.5. The van der Waals surface area contributed by atoms with E-state index in [1.54, 1.807) is 0 Å². The predicted molar refractivity (Wildman–Crippen MR) is 105 cm³/mol. The van der Waals surface area contributed by atoms with Crippen molar-refractivity contribution in [3.8, 4) is 0 Å². The Morgan fingerprint density at radius 2 is 1.88 bits per heavy atom. The number of carbonyl (C=O) groups excluding carboxylic acids is 1. The summed E-state index contributed by atoms with van der Waals surface area (Å²) in [6.07, 6.45) is 3.74. The second-order valence-electron chi connectivity index (χ2n) is 8.44. The number of likely N-dealkylation sites (tertiary alicyclic amines) is 1. The maximum Gasteiger partial charge on any atom is 0.137 e. The molecule has 0 radical (unpaired) electrons. The molecule has 0 bridgehead atoms. The molecule has 1 unspecified atom stereocenters. The van der Waals surface area contributed by atoms with Gasteiger partial charge in [0.1, 0.15) is 5.78 Å². The lowest BCUT2D eigenvalue weighted by atomic mass is 9.89. The highest BCUT2D eigenvalue weighted by Gasteiger charge is 2.33. The van der Waals surface area contributed by atoms with Gasteiger partial charge in [0.25, 0.3) is 0 Å². The van der Waals surface area contributed by atoms with Crippen molar-refractivity contribution in [3.63, 3.8) is 0 Å². The van der Waals surface area contributed by atoms with Gasteiger partial charge < -0.3 is 9.64 Å². The number of nitrogens with zero attached hydrogens (tertiary/aromatic N) is 2. The van der Waals surface area contributed by atoms with Gasteiger partial charge in [-0.15, -0.1) is 0 Å². The maximum atomic E-state index is 12.7. The van der Waals surface area contributed by atoms with E-state index in [0.717, 1.165) is 65.2 Å². The number of hydrogen-bond donors (Lipinski definition) is 0. The van der Waals surface area contributed by atoms with Crippen molar-refractivity contribution in [3.05, 3.63) is 35.9 Å². The van der Waals surface area contributed by atoms with Gasteiger partial charge in [0, 0.05) is 44.1 Å². The van der Waals surface area contributed by atoms with Crippen molar-refractivity contribution in [2.45, 2.75) is 45.1 Å².